The van der Waals surface area contributed by atoms with Gasteiger partial charge in [-0.25, -0.2) is 4.79 Å². The third kappa shape index (κ3) is 3.14. The van der Waals surface area contributed by atoms with Gasteiger partial charge in [0.25, 0.3) is 0 Å². The zero-order chi connectivity index (χ0) is 13.8. The molecule has 0 unspecified atom stereocenters. The number of carbonyl (C=O) groups excluding carboxylic acids is 1. The molecule has 2 amide bonds. The van der Waals surface area contributed by atoms with Crippen molar-refractivity contribution in [3.63, 3.8) is 0 Å². The maximum atomic E-state index is 12.3. The maximum Gasteiger partial charge on any atom is 0.318 e. The smallest absolute Gasteiger partial charge is 0.318 e. The van der Waals surface area contributed by atoms with Crippen LogP contribution in [0.2, 0.25) is 0 Å². The summed E-state index contributed by atoms with van der Waals surface area (Å²) < 4.78 is 0. The van der Waals surface area contributed by atoms with Crippen molar-refractivity contribution in [2.75, 3.05) is 0 Å². The van der Waals surface area contributed by atoms with E-state index in [4.69, 9.17) is 0 Å². The fourth-order valence-electron chi connectivity index (χ4n) is 2.07. The van der Waals surface area contributed by atoms with Crippen molar-refractivity contribution in [2.45, 2.75) is 32.0 Å². The highest BCUT2D eigenvalue weighted by molar-refractivity contribution is 5.74. The van der Waals surface area contributed by atoms with Gasteiger partial charge in [0, 0.05) is 18.4 Å². The monoisotopic (exact) mass is 271 g/mol. The summed E-state index contributed by atoms with van der Waals surface area (Å²) in [4.78, 5) is 18.4. The zero-order valence-electron chi connectivity index (χ0n) is 11.1. The Kier molecular flexibility index (Phi) is 3.62. The van der Waals surface area contributed by atoms with Crippen molar-refractivity contribution in [3.8, 4) is 0 Å². The topological polar surface area (TPSA) is 73.9 Å². The minimum absolute atomic E-state index is 0.0484. The molecule has 0 aliphatic heterocycles. The molecular formula is C14H17N5O. The molecule has 6 nitrogen and oxygen atoms in total. The average molecular weight is 271 g/mol. The van der Waals surface area contributed by atoms with Gasteiger partial charge in [0.05, 0.1) is 24.5 Å². The van der Waals surface area contributed by atoms with Crippen LogP contribution in [0.1, 0.15) is 24.2 Å². The van der Waals surface area contributed by atoms with E-state index in [0.29, 0.717) is 19.1 Å². The van der Waals surface area contributed by atoms with E-state index in [1.165, 1.54) is 0 Å². The molecule has 1 aliphatic carbocycles. The second-order valence-electron chi connectivity index (χ2n) is 4.92. The fraction of sp³-hybridized carbons (Fsp3) is 0.357. The lowest BCUT2D eigenvalue weighted by molar-refractivity contribution is 0.190. The van der Waals surface area contributed by atoms with Crippen molar-refractivity contribution < 1.29 is 4.79 Å². The number of hydrogen-bond donors (Lipinski definition) is 2. The first-order valence-corrected chi connectivity index (χ1v) is 6.75. The predicted octanol–water partition coefficient (Wildman–Crippen LogP) is 1.68. The summed E-state index contributed by atoms with van der Waals surface area (Å²) in [7, 11) is 0. The third-order valence-corrected chi connectivity index (χ3v) is 3.30. The molecule has 2 heterocycles. The van der Waals surface area contributed by atoms with Crippen LogP contribution >= 0.6 is 0 Å². The number of H-pyrrole nitrogens is 1. The Labute approximate surface area is 117 Å². The standard InChI is InChI=1S/C14H17N5O/c20-14(16-9-11-6-8-17-18-11)19(13-4-5-13)10-12-3-1-2-7-15-12/h1-3,6-8,13H,4-5,9-10H2,(H,16,20)(H,17,18). The van der Waals surface area contributed by atoms with Gasteiger partial charge in [-0.2, -0.15) is 5.10 Å². The third-order valence-electron chi connectivity index (χ3n) is 3.30. The lowest BCUT2D eigenvalue weighted by atomic mass is 10.3. The van der Waals surface area contributed by atoms with E-state index in [-0.39, 0.29) is 6.03 Å². The summed E-state index contributed by atoms with van der Waals surface area (Å²) in [5.41, 5.74) is 1.81. The molecule has 0 atom stereocenters. The Morgan fingerprint density at radius 3 is 2.90 bits per heavy atom. The molecule has 20 heavy (non-hydrogen) atoms. The number of pyridine rings is 1. The number of urea groups is 1. The second kappa shape index (κ2) is 5.73. The number of amides is 2. The Morgan fingerprint density at radius 2 is 2.25 bits per heavy atom. The molecule has 0 bridgehead atoms. The van der Waals surface area contributed by atoms with E-state index < -0.39 is 0 Å². The number of aromatic nitrogens is 3. The van der Waals surface area contributed by atoms with Crippen LogP contribution in [0, 0.1) is 0 Å². The van der Waals surface area contributed by atoms with Crippen molar-refractivity contribution in [2.24, 2.45) is 0 Å². The van der Waals surface area contributed by atoms with E-state index in [0.717, 1.165) is 24.2 Å². The molecule has 104 valence electrons. The van der Waals surface area contributed by atoms with Gasteiger partial charge < -0.3 is 10.2 Å². The highest BCUT2D eigenvalue weighted by atomic mass is 16.2. The fourth-order valence-corrected chi connectivity index (χ4v) is 2.07. The number of nitrogens with one attached hydrogen (secondary N) is 2. The lowest BCUT2D eigenvalue weighted by Crippen LogP contribution is -2.40. The van der Waals surface area contributed by atoms with Crippen molar-refractivity contribution >= 4 is 6.03 Å². The van der Waals surface area contributed by atoms with Crippen LogP contribution in [0.4, 0.5) is 4.79 Å². The minimum atomic E-state index is -0.0484. The first kappa shape index (κ1) is 12.7. The van der Waals surface area contributed by atoms with Crippen LogP contribution in [0.15, 0.2) is 36.7 Å². The number of nitrogens with zero attached hydrogens (tertiary/aromatic N) is 3. The van der Waals surface area contributed by atoms with Crippen LogP contribution < -0.4 is 5.32 Å². The zero-order valence-corrected chi connectivity index (χ0v) is 11.1. The quantitative estimate of drug-likeness (QED) is 0.869. The van der Waals surface area contributed by atoms with Gasteiger partial charge in [0.2, 0.25) is 0 Å². The number of rotatable bonds is 5. The van der Waals surface area contributed by atoms with Gasteiger partial charge in [-0.1, -0.05) is 6.07 Å². The minimum Gasteiger partial charge on any atom is -0.332 e. The van der Waals surface area contributed by atoms with Crippen molar-refractivity contribution in [1.29, 1.82) is 0 Å². The molecule has 1 saturated carbocycles. The van der Waals surface area contributed by atoms with Gasteiger partial charge >= 0.3 is 6.03 Å². The predicted molar refractivity (Wildman–Crippen MR) is 73.6 cm³/mol. The summed E-state index contributed by atoms with van der Waals surface area (Å²) >= 11 is 0. The van der Waals surface area contributed by atoms with Crippen LogP contribution in [0.25, 0.3) is 0 Å². The number of carbonyl (C=O) groups is 1. The lowest BCUT2D eigenvalue weighted by Gasteiger charge is -2.22. The SMILES string of the molecule is O=C(NCc1ccn[nH]1)N(Cc1ccccn1)C1CC1. The van der Waals surface area contributed by atoms with E-state index in [1.54, 1.807) is 12.4 Å². The van der Waals surface area contributed by atoms with Gasteiger partial charge in [0.1, 0.15) is 0 Å². The van der Waals surface area contributed by atoms with Crippen LogP contribution in [0.3, 0.4) is 0 Å². The van der Waals surface area contributed by atoms with Crippen LogP contribution in [-0.4, -0.2) is 32.2 Å². The Morgan fingerprint density at radius 1 is 1.35 bits per heavy atom. The molecular weight excluding hydrogens is 254 g/mol. The van der Waals surface area contributed by atoms with Crippen LogP contribution in [0.5, 0.6) is 0 Å². The number of aromatic amines is 1. The Hall–Kier alpha value is -2.37. The molecule has 0 aromatic carbocycles. The molecule has 0 saturated heterocycles. The van der Waals surface area contributed by atoms with Crippen molar-refractivity contribution in [1.82, 2.24) is 25.4 Å². The normalized spacial score (nSPS) is 14.0. The first-order chi connectivity index (χ1) is 9.83. The second-order valence-corrected chi connectivity index (χ2v) is 4.92. The molecule has 2 aromatic heterocycles. The van der Waals surface area contributed by atoms with E-state index in [2.05, 4.69) is 20.5 Å². The summed E-state index contributed by atoms with van der Waals surface area (Å²) in [5, 5.41) is 9.61. The molecule has 6 heteroatoms. The van der Waals surface area contributed by atoms with E-state index in [9.17, 15) is 4.79 Å². The molecule has 0 spiro atoms. The van der Waals surface area contributed by atoms with E-state index in [1.807, 2.05) is 29.2 Å². The van der Waals surface area contributed by atoms with Crippen LogP contribution in [-0.2, 0) is 13.1 Å². The Bertz CT molecular complexity index is 550. The average Bonchev–Trinajstić information content (AvgIpc) is 3.19. The van der Waals surface area contributed by atoms with Gasteiger partial charge in [0.15, 0.2) is 0 Å². The first-order valence-electron chi connectivity index (χ1n) is 6.75. The van der Waals surface area contributed by atoms with Gasteiger partial charge in [-0.3, -0.25) is 10.1 Å². The maximum absolute atomic E-state index is 12.3. The summed E-state index contributed by atoms with van der Waals surface area (Å²) in [6.07, 6.45) is 5.57. The van der Waals surface area contributed by atoms with E-state index >= 15 is 0 Å². The molecule has 1 fully saturated rings. The molecule has 0 radical (unpaired) electrons. The Balaban J connectivity index is 1.60. The molecule has 2 aromatic rings. The summed E-state index contributed by atoms with van der Waals surface area (Å²) in [5.74, 6) is 0. The molecule has 3 rings (SSSR count). The molecule has 1 aliphatic rings. The van der Waals surface area contributed by atoms with Gasteiger partial charge in [-0.15, -0.1) is 0 Å². The summed E-state index contributed by atoms with van der Waals surface area (Å²) in [6.45, 7) is 1.02. The highest BCUT2D eigenvalue weighted by Crippen LogP contribution is 2.28. The van der Waals surface area contributed by atoms with Crippen molar-refractivity contribution in [3.05, 3.63) is 48.0 Å². The number of hydrogen-bond acceptors (Lipinski definition) is 3. The van der Waals surface area contributed by atoms with Gasteiger partial charge in [-0.05, 0) is 31.0 Å². The summed E-state index contributed by atoms with van der Waals surface area (Å²) in [6, 6.07) is 7.91. The molecule has 2 N–H and O–H groups in total. The highest BCUT2D eigenvalue weighted by Gasteiger charge is 2.32. The largest absolute Gasteiger partial charge is 0.332 e.